The first-order valence-corrected chi connectivity index (χ1v) is 7.34. The highest BCUT2D eigenvalue weighted by atomic mass is 16.5. The van der Waals surface area contributed by atoms with Gasteiger partial charge in [0.2, 0.25) is 5.91 Å². The molecule has 0 N–H and O–H groups in total. The van der Waals surface area contributed by atoms with Crippen molar-refractivity contribution in [3.8, 4) is 0 Å². The molecule has 2 aliphatic rings. The molecule has 2 fully saturated rings. The average Bonchev–Trinajstić information content (AvgIpc) is 2.78. The maximum Gasteiger partial charge on any atom is 0.251 e. The number of hydrogen-bond acceptors (Lipinski definition) is 4. The summed E-state index contributed by atoms with van der Waals surface area (Å²) >= 11 is 0. The largest absolute Gasteiger partial charge is 0.379 e. The van der Waals surface area contributed by atoms with Crippen LogP contribution < -0.4 is 4.90 Å². The van der Waals surface area contributed by atoms with Crippen LogP contribution in [0.4, 0.5) is 5.69 Å². The second-order valence-electron chi connectivity index (χ2n) is 5.65. The van der Waals surface area contributed by atoms with Crippen molar-refractivity contribution in [2.75, 3.05) is 31.2 Å². The third-order valence-electron chi connectivity index (χ3n) is 4.43. The van der Waals surface area contributed by atoms with E-state index in [2.05, 4.69) is 4.90 Å². The Balaban J connectivity index is 1.88. The van der Waals surface area contributed by atoms with E-state index in [1.165, 1.54) is 4.90 Å². The summed E-state index contributed by atoms with van der Waals surface area (Å²) in [5.41, 5.74) is 2.80. The average molecular weight is 288 g/mol. The van der Waals surface area contributed by atoms with Crippen molar-refractivity contribution >= 4 is 17.5 Å². The number of ether oxygens (including phenoxy) is 1. The Morgan fingerprint density at radius 2 is 1.86 bits per heavy atom. The lowest BCUT2D eigenvalue weighted by Gasteiger charge is -2.30. The maximum atomic E-state index is 12.7. The molecule has 2 heterocycles. The molecule has 1 aromatic rings. The first-order chi connectivity index (χ1) is 10.1. The maximum absolute atomic E-state index is 12.7. The standard InChI is InChI=1S/C16H20N2O3/c1-11-4-3-5-13(12(11)2)18-15(19)10-14(16(18)20)17-6-8-21-9-7-17/h3-5,14H,6-10H2,1-2H3/t14-/m1/s1. The van der Waals surface area contributed by atoms with Crippen molar-refractivity contribution in [2.24, 2.45) is 0 Å². The zero-order valence-corrected chi connectivity index (χ0v) is 12.5. The van der Waals surface area contributed by atoms with Crippen LogP contribution in [0, 0.1) is 13.8 Å². The quantitative estimate of drug-likeness (QED) is 0.769. The first kappa shape index (κ1) is 14.2. The molecule has 2 aliphatic heterocycles. The Hall–Kier alpha value is -1.72. The molecule has 2 amide bonds. The van der Waals surface area contributed by atoms with Crippen LogP contribution in [0.5, 0.6) is 0 Å². The van der Waals surface area contributed by atoms with Crippen LogP contribution in [0.3, 0.4) is 0 Å². The lowest BCUT2D eigenvalue weighted by molar-refractivity contribution is -0.123. The minimum absolute atomic E-state index is 0.101. The summed E-state index contributed by atoms with van der Waals surface area (Å²) < 4.78 is 5.32. The molecule has 3 rings (SSSR count). The summed E-state index contributed by atoms with van der Waals surface area (Å²) in [5.74, 6) is -0.208. The van der Waals surface area contributed by atoms with Gasteiger partial charge in [-0.25, -0.2) is 4.90 Å². The summed E-state index contributed by atoms with van der Waals surface area (Å²) in [6.07, 6.45) is 0.270. The number of rotatable bonds is 2. The van der Waals surface area contributed by atoms with Crippen molar-refractivity contribution in [2.45, 2.75) is 26.3 Å². The molecular formula is C16H20N2O3. The van der Waals surface area contributed by atoms with Crippen LogP contribution in [0.25, 0.3) is 0 Å². The van der Waals surface area contributed by atoms with Gasteiger partial charge in [0.05, 0.1) is 31.4 Å². The van der Waals surface area contributed by atoms with E-state index in [-0.39, 0.29) is 24.3 Å². The number of carbonyl (C=O) groups excluding carboxylic acids is 2. The van der Waals surface area contributed by atoms with Crippen molar-refractivity contribution < 1.29 is 14.3 Å². The van der Waals surface area contributed by atoms with Gasteiger partial charge in [0.1, 0.15) is 0 Å². The van der Waals surface area contributed by atoms with Crippen molar-refractivity contribution in [1.29, 1.82) is 0 Å². The van der Waals surface area contributed by atoms with Gasteiger partial charge >= 0.3 is 0 Å². The van der Waals surface area contributed by atoms with Gasteiger partial charge < -0.3 is 4.74 Å². The number of morpholine rings is 1. The second kappa shape index (κ2) is 5.58. The number of amides is 2. The molecule has 112 valence electrons. The van der Waals surface area contributed by atoms with Crippen LogP contribution in [-0.4, -0.2) is 49.1 Å². The number of nitrogens with zero attached hydrogens (tertiary/aromatic N) is 2. The zero-order valence-electron chi connectivity index (χ0n) is 12.5. The lowest BCUT2D eigenvalue weighted by Crippen LogP contribution is -2.47. The van der Waals surface area contributed by atoms with Gasteiger partial charge in [-0.1, -0.05) is 12.1 Å². The molecule has 0 unspecified atom stereocenters. The van der Waals surface area contributed by atoms with Crippen molar-refractivity contribution in [1.82, 2.24) is 4.90 Å². The zero-order chi connectivity index (χ0) is 15.0. The van der Waals surface area contributed by atoms with Gasteiger partial charge in [-0.2, -0.15) is 0 Å². The summed E-state index contributed by atoms with van der Waals surface area (Å²) in [6, 6.07) is 5.39. The molecule has 2 saturated heterocycles. The smallest absolute Gasteiger partial charge is 0.251 e. The molecule has 21 heavy (non-hydrogen) atoms. The Labute approximate surface area is 124 Å². The van der Waals surface area contributed by atoms with Crippen LogP contribution in [-0.2, 0) is 14.3 Å². The molecule has 0 radical (unpaired) electrons. The van der Waals surface area contributed by atoms with E-state index in [1.54, 1.807) is 0 Å². The Morgan fingerprint density at radius 3 is 2.57 bits per heavy atom. The van der Waals surface area contributed by atoms with Crippen molar-refractivity contribution in [3.63, 3.8) is 0 Å². The van der Waals surface area contributed by atoms with E-state index in [9.17, 15) is 9.59 Å². The summed E-state index contributed by atoms with van der Waals surface area (Å²) in [7, 11) is 0. The molecule has 1 aromatic carbocycles. The topological polar surface area (TPSA) is 49.9 Å². The first-order valence-electron chi connectivity index (χ1n) is 7.34. The summed E-state index contributed by atoms with van der Waals surface area (Å²) in [6.45, 7) is 6.62. The molecule has 5 heteroatoms. The fraction of sp³-hybridized carbons (Fsp3) is 0.500. The number of aryl methyl sites for hydroxylation is 1. The lowest BCUT2D eigenvalue weighted by atomic mass is 10.1. The molecule has 0 spiro atoms. The highest BCUT2D eigenvalue weighted by Crippen LogP contribution is 2.29. The van der Waals surface area contributed by atoms with E-state index in [4.69, 9.17) is 4.74 Å². The molecule has 0 aliphatic carbocycles. The second-order valence-corrected chi connectivity index (χ2v) is 5.65. The normalized spacial score (nSPS) is 23.9. The van der Waals surface area contributed by atoms with Gasteiger partial charge in [0.15, 0.2) is 0 Å². The van der Waals surface area contributed by atoms with E-state index >= 15 is 0 Å². The predicted octanol–water partition coefficient (Wildman–Crippen LogP) is 1.27. The van der Waals surface area contributed by atoms with E-state index in [0.717, 1.165) is 16.8 Å². The highest BCUT2D eigenvalue weighted by Gasteiger charge is 2.43. The molecule has 0 saturated carbocycles. The summed E-state index contributed by atoms with van der Waals surface area (Å²) in [5, 5.41) is 0. The fourth-order valence-corrected chi connectivity index (χ4v) is 3.02. The molecule has 0 bridgehead atoms. The van der Waals surface area contributed by atoms with Gasteiger partial charge in [0.25, 0.3) is 5.91 Å². The fourth-order valence-electron chi connectivity index (χ4n) is 3.02. The van der Waals surface area contributed by atoms with Gasteiger partial charge in [-0.05, 0) is 31.0 Å². The van der Waals surface area contributed by atoms with Gasteiger partial charge in [-0.3, -0.25) is 14.5 Å². The van der Waals surface area contributed by atoms with Gasteiger partial charge in [0, 0.05) is 13.1 Å². The molecule has 1 atom stereocenters. The Kier molecular flexibility index (Phi) is 3.78. The molecular weight excluding hydrogens is 268 g/mol. The van der Waals surface area contributed by atoms with Crippen LogP contribution in [0.15, 0.2) is 18.2 Å². The molecule has 0 aromatic heterocycles. The Morgan fingerprint density at radius 1 is 1.14 bits per heavy atom. The third kappa shape index (κ3) is 2.47. The minimum Gasteiger partial charge on any atom is -0.379 e. The number of imide groups is 1. The van der Waals surface area contributed by atoms with E-state index < -0.39 is 0 Å². The number of carbonyl (C=O) groups is 2. The summed E-state index contributed by atoms with van der Waals surface area (Å²) in [4.78, 5) is 28.5. The highest BCUT2D eigenvalue weighted by molar-refractivity contribution is 6.22. The van der Waals surface area contributed by atoms with Gasteiger partial charge in [-0.15, -0.1) is 0 Å². The third-order valence-corrected chi connectivity index (χ3v) is 4.43. The predicted molar refractivity (Wildman–Crippen MR) is 79.2 cm³/mol. The number of benzene rings is 1. The minimum atomic E-state index is -0.332. The van der Waals surface area contributed by atoms with Crippen LogP contribution in [0.2, 0.25) is 0 Å². The Bertz CT molecular complexity index is 579. The number of hydrogen-bond donors (Lipinski definition) is 0. The van der Waals surface area contributed by atoms with Crippen LogP contribution in [0.1, 0.15) is 17.5 Å². The van der Waals surface area contributed by atoms with Crippen LogP contribution >= 0.6 is 0 Å². The monoisotopic (exact) mass is 288 g/mol. The molecule has 5 nitrogen and oxygen atoms in total. The van der Waals surface area contributed by atoms with E-state index in [1.807, 2.05) is 32.0 Å². The van der Waals surface area contributed by atoms with E-state index in [0.29, 0.717) is 26.3 Å². The van der Waals surface area contributed by atoms with Crippen molar-refractivity contribution in [3.05, 3.63) is 29.3 Å². The SMILES string of the molecule is Cc1cccc(N2C(=O)C[C@@H](N3CCOCC3)C2=O)c1C. The number of anilines is 1.